The molecule has 1 N–H and O–H groups in total. The zero-order chi connectivity index (χ0) is 14.7. The van der Waals surface area contributed by atoms with Gasteiger partial charge in [0.25, 0.3) is 0 Å². The second kappa shape index (κ2) is 5.75. The predicted octanol–water partition coefficient (Wildman–Crippen LogP) is 2.47. The molecule has 7 heteroatoms. The summed E-state index contributed by atoms with van der Waals surface area (Å²) in [4.78, 5) is 22.9. The molecule has 2 rings (SSSR count). The number of aryl methyl sites for hydroxylation is 1. The topological polar surface area (TPSA) is 81.4 Å². The van der Waals surface area contributed by atoms with Crippen LogP contribution in [0.2, 0.25) is 5.02 Å². The number of carbonyl (C=O) groups is 2. The van der Waals surface area contributed by atoms with Crippen LogP contribution in [0.3, 0.4) is 0 Å². The molecule has 0 aliphatic heterocycles. The Morgan fingerprint density at radius 2 is 2.00 bits per heavy atom. The summed E-state index contributed by atoms with van der Waals surface area (Å²) in [6, 6.07) is 7.45. The standard InChI is InChI=1S/C13H11ClN2O4/c1-2-16-11(7-10(15-16)12(17)18)13(19)20-9-5-3-8(14)4-6-9/h3-7H,2H2,1H3,(H,17,18). The number of aromatic nitrogens is 2. The van der Waals surface area contributed by atoms with E-state index in [2.05, 4.69) is 5.10 Å². The maximum absolute atomic E-state index is 12.0. The summed E-state index contributed by atoms with van der Waals surface area (Å²) in [6.07, 6.45) is 0. The summed E-state index contributed by atoms with van der Waals surface area (Å²) in [5.41, 5.74) is -0.116. The van der Waals surface area contributed by atoms with Crippen molar-refractivity contribution in [3.05, 3.63) is 46.7 Å². The van der Waals surface area contributed by atoms with Crippen LogP contribution in [0.1, 0.15) is 27.9 Å². The first-order valence-electron chi connectivity index (χ1n) is 5.80. The van der Waals surface area contributed by atoms with E-state index in [1.807, 2.05) is 0 Å². The third-order valence-electron chi connectivity index (χ3n) is 2.53. The summed E-state index contributed by atoms with van der Waals surface area (Å²) in [7, 11) is 0. The van der Waals surface area contributed by atoms with Crippen LogP contribution in [-0.2, 0) is 6.54 Å². The second-order valence-corrected chi connectivity index (χ2v) is 4.32. The van der Waals surface area contributed by atoms with Crippen LogP contribution in [0.25, 0.3) is 0 Å². The van der Waals surface area contributed by atoms with Crippen molar-refractivity contribution in [2.24, 2.45) is 0 Å². The molecule has 20 heavy (non-hydrogen) atoms. The van der Waals surface area contributed by atoms with Crippen LogP contribution in [0.4, 0.5) is 0 Å². The van der Waals surface area contributed by atoms with Gasteiger partial charge in [0, 0.05) is 17.6 Å². The van der Waals surface area contributed by atoms with Crippen LogP contribution in [0.5, 0.6) is 5.75 Å². The minimum absolute atomic E-state index is 0.0832. The molecule has 0 aliphatic carbocycles. The van der Waals surface area contributed by atoms with Gasteiger partial charge in [-0.25, -0.2) is 9.59 Å². The zero-order valence-electron chi connectivity index (χ0n) is 10.5. The minimum atomic E-state index is -1.20. The van der Waals surface area contributed by atoms with Crippen LogP contribution in [0.15, 0.2) is 30.3 Å². The van der Waals surface area contributed by atoms with Crippen molar-refractivity contribution in [3.8, 4) is 5.75 Å². The number of halogens is 1. The molecule has 0 bridgehead atoms. The molecule has 1 aromatic carbocycles. The monoisotopic (exact) mass is 294 g/mol. The summed E-state index contributed by atoms with van der Waals surface area (Å²) in [5, 5.41) is 13.2. The Morgan fingerprint density at radius 1 is 1.35 bits per heavy atom. The number of nitrogens with zero attached hydrogens (tertiary/aromatic N) is 2. The molecule has 104 valence electrons. The van der Waals surface area contributed by atoms with Gasteiger partial charge in [-0.3, -0.25) is 4.68 Å². The first kappa shape index (κ1) is 14.1. The lowest BCUT2D eigenvalue weighted by Crippen LogP contribution is -2.15. The second-order valence-electron chi connectivity index (χ2n) is 3.88. The molecular formula is C13H11ClN2O4. The molecule has 0 fully saturated rings. The Balaban J connectivity index is 2.24. The first-order valence-corrected chi connectivity index (χ1v) is 6.18. The average Bonchev–Trinajstić information content (AvgIpc) is 2.86. The highest BCUT2D eigenvalue weighted by Gasteiger charge is 2.19. The zero-order valence-corrected chi connectivity index (χ0v) is 11.3. The molecular weight excluding hydrogens is 284 g/mol. The lowest BCUT2D eigenvalue weighted by atomic mass is 10.3. The van der Waals surface area contributed by atoms with Crippen LogP contribution in [-0.4, -0.2) is 26.8 Å². The predicted molar refractivity (Wildman–Crippen MR) is 71.3 cm³/mol. The number of hydrogen-bond acceptors (Lipinski definition) is 4. The van der Waals surface area contributed by atoms with Gasteiger partial charge in [0.05, 0.1) is 0 Å². The van der Waals surface area contributed by atoms with Gasteiger partial charge in [-0.05, 0) is 31.2 Å². The number of aromatic carboxylic acids is 1. The van der Waals surface area contributed by atoms with Crippen molar-refractivity contribution < 1.29 is 19.4 Å². The number of benzene rings is 1. The van der Waals surface area contributed by atoms with Gasteiger partial charge >= 0.3 is 11.9 Å². The first-order chi connectivity index (χ1) is 9.51. The number of carboxylic acid groups (broad SMARTS) is 1. The largest absolute Gasteiger partial charge is 0.476 e. The molecule has 0 radical (unpaired) electrons. The smallest absolute Gasteiger partial charge is 0.362 e. The molecule has 1 aromatic heterocycles. The Labute approximate surface area is 119 Å². The number of carbonyl (C=O) groups excluding carboxylic acids is 1. The van der Waals surface area contributed by atoms with Crippen molar-refractivity contribution in [1.82, 2.24) is 9.78 Å². The lowest BCUT2D eigenvalue weighted by Gasteiger charge is -2.05. The number of carboxylic acids is 1. The minimum Gasteiger partial charge on any atom is -0.476 e. The highest BCUT2D eigenvalue weighted by Crippen LogP contribution is 2.17. The molecule has 6 nitrogen and oxygen atoms in total. The number of ether oxygens (including phenoxy) is 1. The normalized spacial score (nSPS) is 10.3. The van der Waals surface area contributed by atoms with Crippen LogP contribution >= 0.6 is 11.6 Å². The Hall–Kier alpha value is -2.34. The Bertz CT molecular complexity index is 649. The van der Waals surface area contributed by atoms with E-state index in [9.17, 15) is 9.59 Å². The molecule has 0 saturated carbocycles. The maximum atomic E-state index is 12.0. The number of esters is 1. The van der Waals surface area contributed by atoms with Crippen molar-refractivity contribution in [2.75, 3.05) is 0 Å². The van der Waals surface area contributed by atoms with Gasteiger partial charge in [0.15, 0.2) is 5.69 Å². The van der Waals surface area contributed by atoms with Gasteiger partial charge in [-0.15, -0.1) is 0 Å². The molecule has 0 spiro atoms. The van der Waals surface area contributed by atoms with Gasteiger partial charge in [0.2, 0.25) is 0 Å². The summed E-state index contributed by atoms with van der Waals surface area (Å²) in [6.45, 7) is 2.11. The van der Waals surface area contributed by atoms with Crippen molar-refractivity contribution >= 4 is 23.5 Å². The molecule has 0 atom stereocenters. The number of hydrogen-bond donors (Lipinski definition) is 1. The third kappa shape index (κ3) is 2.97. The number of rotatable bonds is 4. The summed E-state index contributed by atoms with van der Waals surface area (Å²) < 4.78 is 6.42. The van der Waals surface area contributed by atoms with E-state index in [0.717, 1.165) is 0 Å². The molecule has 2 aromatic rings. The third-order valence-corrected chi connectivity index (χ3v) is 2.78. The highest BCUT2D eigenvalue weighted by atomic mass is 35.5. The van der Waals surface area contributed by atoms with Crippen LogP contribution < -0.4 is 4.74 Å². The van der Waals surface area contributed by atoms with Crippen molar-refractivity contribution in [3.63, 3.8) is 0 Å². The van der Waals surface area contributed by atoms with Crippen molar-refractivity contribution in [1.29, 1.82) is 0 Å². The van der Waals surface area contributed by atoms with Gasteiger partial charge in [-0.2, -0.15) is 5.10 Å². The van der Waals surface area contributed by atoms with E-state index in [-0.39, 0.29) is 11.4 Å². The van der Waals surface area contributed by atoms with Gasteiger partial charge in [0.1, 0.15) is 11.4 Å². The fourth-order valence-electron chi connectivity index (χ4n) is 1.59. The molecule has 0 saturated heterocycles. The molecule has 0 amide bonds. The quantitative estimate of drug-likeness (QED) is 0.692. The van der Waals surface area contributed by atoms with E-state index in [0.29, 0.717) is 17.3 Å². The fraction of sp³-hybridized carbons (Fsp3) is 0.154. The Morgan fingerprint density at radius 3 is 2.55 bits per heavy atom. The van der Waals surface area contributed by atoms with E-state index in [4.69, 9.17) is 21.4 Å². The summed E-state index contributed by atoms with van der Waals surface area (Å²) in [5.74, 6) is -1.55. The molecule has 0 aliphatic rings. The lowest BCUT2D eigenvalue weighted by molar-refractivity contribution is 0.0687. The highest BCUT2D eigenvalue weighted by molar-refractivity contribution is 6.30. The fourth-order valence-corrected chi connectivity index (χ4v) is 1.71. The van der Waals surface area contributed by atoms with Crippen molar-refractivity contribution in [2.45, 2.75) is 13.5 Å². The van der Waals surface area contributed by atoms with E-state index >= 15 is 0 Å². The van der Waals surface area contributed by atoms with E-state index in [1.54, 1.807) is 31.2 Å². The Kier molecular flexibility index (Phi) is 4.05. The summed E-state index contributed by atoms with van der Waals surface area (Å²) >= 11 is 5.73. The molecule has 1 heterocycles. The SMILES string of the molecule is CCn1nc(C(=O)O)cc1C(=O)Oc1ccc(Cl)cc1. The average molecular weight is 295 g/mol. The van der Waals surface area contributed by atoms with Gasteiger partial charge in [-0.1, -0.05) is 11.6 Å². The molecule has 0 unspecified atom stereocenters. The van der Waals surface area contributed by atoms with Gasteiger partial charge < -0.3 is 9.84 Å². The van der Waals surface area contributed by atoms with E-state index in [1.165, 1.54) is 10.7 Å². The van der Waals surface area contributed by atoms with E-state index < -0.39 is 11.9 Å². The maximum Gasteiger partial charge on any atom is 0.362 e. The van der Waals surface area contributed by atoms with Crippen LogP contribution in [0, 0.1) is 0 Å².